The van der Waals surface area contributed by atoms with Crippen LogP contribution in [0.4, 0.5) is 11.8 Å². The molecule has 0 unspecified atom stereocenters. The lowest BCUT2D eigenvalue weighted by molar-refractivity contribution is 0.0955. The van der Waals surface area contributed by atoms with Gasteiger partial charge in [-0.2, -0.15) is 4.98 Å². The molecule has 25 heavy (non-hydrogen) atoms. The molecule has 0 aromatic carbocycles. The second-order valence-electron chi connectivity index (χ2n) is 6.16. The lowest BCUT2D eigenvalue weighted by Crippen LogP contribution is -2.31. The average Bonchev–Trinajstić information content (AvgIpc) is 2.66. The number of anilines is 2. The lowest BCUT2D eigenvalue weighted by atomic mass is 10.1. The van der Waals surface area contributed by atoms with E-state index in [-0.39, 0.29) is 5.91 Å². The van der Waals surface area contributed by atoms with Gasteiger partial charge in [0.2, 0.25) is 5.95 Å². The maximum Gasteiger partial charge on any atom is 0.252 e. The van der Waals surface area contributed by atoms with Crippen LogP contribution in [0.1, 0.15) is 35.3 Å². The summed E-state index contributed by atoms with van der Waals surface area (Å²) in [6.07, 6.45) is 6.92. The SMILES string of the molecule is Cc1cc(N2CCCCC2)nc(NCCNC(=O)c2cccnc2)n1. The number of hydrogen-bond acceptors (Lipinski definition) is 6. The van der Waals surface area contributed by atoms with Gasteiger partial charge in [-0.3, -0.25) is 9.78 Å². The van der Waals surface area contributed by atoms with E-state index in [0.717, 1.165) is 24.6 Å². The molecule has 0 spiro atoms. The normalized spacial score (nSPS) is 14.2. The van der Waals surface area contributed by atoms with E-state index in [1.165, 1.54) is 19.3 Å². The highest BCUT2D eigenvalue weighted by Crippen LogP contribution is 2.19. The maximum atomic E-state index is 12.0. The summed E-state index contributed by atoms with van der Waals surface area (Å²) in [5, 5.41) is 6.05. The number of hydrogen-bond donors (Lipinski definition) is 2. The molecule has 1 aliphatic heterocycles. The molecule has 2 aromatic heterocycles. The van der Waals surface area contributed by atoms with Crippen molar-refractivity contribution in [1.29, 1.82) is 0 Å². The summed E-state index contributed by atoms with van der Waals surface area (Å²) in [5.41, 5.74) is 1.50. The van der Waals surface area contributed by atoms with Crippen LogP contribution in [0.15, 0.2) is 30.6 Å². The predicted octanol–water partition coefficient (Wildman–Crippen LogP) is 2.01. The highest BCUT2D eigenvalue weighted by atomic mass is 16.1. The number of nitrogens with one attached hydrogen (secondary N) is 2. The topological polar surface area (TPSA) is 83.0 Å². The minimum Gasteiger partial charge on any atom is -0.356 e. The van der Waals surface area contributed by atoms with Crippen LogP contribution in [0.2, 0.25) is 0 Å². The Bertz CT molecular complexity index is 700. The van der Waals surface area contributed by atoms with Crippen molar-refractivity contribution in [3.05, 3.63) is 41.9 Å². The first-order valence-corrected chi connectivity index (χ1v) is 8.75. The van der Waals surface area contributed by atoms with Crippen molar-refractivity contribution in [2.45, 2.75) is 26.2 Å². The fraction of sp³-hybridized carbons (Fsp3) is 0.444. The van der Waals surface area contributed by atoms with Crippen molar-refractivity contribution in [3.63, 3.8) is 0 Å². The van der Waals surface area contributed by atoms with Gasteiger partial charge in [-0.15, -0.1) is 0 Å². The monoisotopic (exact) mass is 340 g/mol. The third-order valence-corrected chi connectivity index (χ3v) is 4.14. The molecule has 7 heteroatoms. The van der Waals surface area contributed by atoms with Crippen LogP contribution in [0, 0.1) is 6.92 Å². The van der Waals surface area contributed by atoms with Crippen molar-refractivity contribution in [3.8, 4) is 0 Å². The maximum absolute atomic E-state index is 12.0. The van der Waals surface area contributed by atoms with Gasteiger partial charge < -0.3 is 15.5 Å². The molecule has 0 bridgehead atoms. The molecule has 132 valence electrons. The van der Waals surface area contributed by atoms with Crippen LogP contribution in [-0.2, 0) is 0 Å². The predicted molar refractivity (Wildman–Crippen MR) is 97.9 cm³/mol. The van der Waals surface area contributed by atoms with Crippen molar-refractivity contribution in [2.24, 2.45) is 0 Å². The van der Waals surface area contributed by atoms with Crippen LogP contribution in [0.25, 0.3) is 0 Å². The van der Waals surface area contributed by atoms with Crippen molar-refractivity contribution in [2.75, 3.05) is 36.4 Å². The minimum atomic E-state index is -0.130. The number of pyridine rings is 1. The third-order valence-electron chi connectivity index (χ3n) is 4.14. The summed E-state index contributed by atoms with van der Waals surface area (Å²) in [7, 11) is 0. The fourth-order valence-corrected chi connectivity index (χ4v) is 2.87. The van der Waals surface area contributed by atoms with E-state index in [0.29, 0.717) is 24.6 Å². The standard InChI is InChI=1S/C18H24N6O/c1-14-12-16(24-10-3-2-4-11-24)23-18(22-14)21-9-8-20-17(25)15-6-5-7-19-13-15/h5-7,12-13H,2-4,8-11H2,1H3,(H,20,25)(H,21,22,23). The molecular weight excluding hydrogens is 316 g/mol. The van der Waals surface area contributed by atoms with Gasteiger partial charge in [-0.25, -0.2) is 4.98 Å². The van der Waals surface area contributed by atoms with Gasteiger partial charge in [-0.05, 0) is 38.3 Å². The molecule has 7 nitrogen and oxygen atoms in total. The number of amides is 1. The molecule has 1 aliphatic rings. The van der Waals surface area contributed by atoms with E-state index in [9.17, 15) is 4.79 Å². The van der Waals surface area contributed by atoms with Crippen molar-refractivity contribution >= 4 is 17.7 Å². The number of carbonyl (C=O) groups excluding carboxylic acids is 1. The van der Waals surface area contributed by atoms with Gasteiger partial charge >= 0.3 is 0 Å². The Morgan fingerprint density at radius 1 is 1.20 bits per heavy atom. The van der Waals surface area contributed by atoms with E-state index in [1.807, 2.05) is 13.0 Å². The van der Waals surface area contributed by atoms with E-state index in [4.69, 9.17) is 0 Å². The average molecular weight is 340 g/mol. The largest absolute Gasteiger partial charge is 0.356 e. The molecule has 0 aliphatic carbocycles. The van der Waals surface area contributed by atoms with Crippen molar-refractivity contribution < 1.29 is 4.79 Å². The molecule has 1 amide bonds. The zero-order valence-corrected chi connectivity index (χ0v) is 14.5. The zero-order chi connectivity index (χ0) is 17.5. The Kier molecular flexibility index (Phi) is 5.77. The molecular formula is C18H24N6O. The number of aryl methyl sites for hydroxylation is 1. The first kappa shape index (κ1) is 17.1. The van der Waals surface area contributed by atoms with E-state index >= 15 is 0 Å². The van der Waals surface area contributed by atoms with Crippen LogP contribution in [0.5, 0.6) is 0 Å². The number of piperidine rings is 1. The fourth-order valence-electron chi connectivity index (χ4n) is 2.87. The molecule has 0 atom stereocenters. The van der Waals surface area contributed by atoms with E-state index < -0.39 is 0 Å². The highest BCUT2D eigenvalue weighted by Gasteiger charge is 2.13. The Hall–Kier alpha value is -2.70. The molecule has 1 saturated heterocycles. The Balaban J connectivity index is 1.51. The summed E-state index contributed by atoms with van der Waals surface area (Å²) in [6, 6.07) is 5.51. The van der Waals surface area contributed by atoms with Gasteiger partial charge in [-0.1, -0.05) is 0 Å². The molecule has 0 radical (unpaired) electrons. The molecule has 1 fully saturated rings. The lowest BCUT2D eigenvalue weighted by Gasteiger charge is -2.28. The summed E-state index contributed by atoms with van der Waals surface area (Å²) in [5.74, 6) is 1.46. The van der Waals surface area contributed by atoms with Gasteiger partial charge in [0.25, 0.3) is 5.91 Å². The second kappa shape index (κ2) is 8.41. The Morgan fingerprint density at radius 3 is 2.80 bits per heavy atom. The first-order valence-electron chi connectivity index (χ1n) is 8.75. The van der Waals surface area contributed by atoms with Crippen LogP contribution in [0.3, 0.4) is 0 Å². The molecule has 3 rings (SSSR count). The molecule has 3 heterocycles. The number of nitrogens with zero attached hydrogens (tertiary/aromatic N) is 4. The number of rotatable bonds is 6. The number of aromatic nitrogens is 3. The quantitative estimate of drug-likeness (QED) is 0.783. The van der Waals surface area contributed by atoms with Gasteiger partial charge in [0.1, 0.15) is 5.82 Å². The summed E-state index contributed by atoms with van der Waals surface area (Å²) in [6.45, 7) is 5.14. The van der Waals surface area contributed by atoms with Gasteiger partial charge in [0, 0.05) is 50.3 Å². The van der Waals surface area contributed by atoms with E-state index in [1.54, 1.807) is 24.5 Å². The molecule has 2 aromatic rings. The second-order valence-corrected chi connectivity index (χ2v) is 6.16. The summed E-state index contributed by atoms with van der Waals surface area (Å²) < 4.78 is 0. The molecule has 0 saturated carbocycles. The van der Waals surface area contributed by atoms with Gasteiger partial charge in [0.15, 0.2) is 0 Å². The van der Waals surface area contributed by atoms with Crippen LogP contribution in [-0.4, -0.2) is 47.0 Å². The minimum absolute atomic E-state index is 0.130. The Labute approximate surface area is 147 Å². The Morgan fingerprint density at radius 2 is 2.04 bits per heavy atom. The zero-order valence-electron chi connectivity index (χ0n) is 14.5. The van der Waals surface area contributed by atoms with Crippen molar-refractivity contribution in [1.82, 2.24) is 20.3 Å². The van der Waals surface area contributed by atoms with Crippen LogP contribution >= 0.6 is 0 Å². The molecule has 2 N–H and O–H groups in total. The van der Waals surface area contributed by atoms with Gasteiger partial charge in [0.05, 0.1) is 5.56 Å². The van der Waals surface area contributed by atoms with E-state index in [2.05, 4.69) is 30.5 Å². The van der Waals surface area contributed by atoms with Crippen LogP contribution < -0.4 is 15.5 Å². The summed E-state index contributed by atoms with van der Waals surface area (Å²) >= 11 is 0. The first-order chi connectivity index (χ1) is 12.2. The summed E-state index contributed by atoms with van der Waals surface area (Å²) in [4.78, 5) is 27.3. The third kappa shape index (κ3) is 4.89. The number of carbonyl (C=O) groups is 1. The smallest absolute Gasteiger partial charge is 0.252 e. The highest BCUT2D eigenvalue weighted by molar-refractivity contribution is 5.93.